The van der Waals surface area contributed by atoms with Crippen LogP contribution in [-0.4, -0.2) is 37.5 Å². The first-order valence-corrected chi connectivity index (χ1v) is 9.86. The van der Waals surface area contributed by atoms with Gasteiger partial charge in [0.1, 0.15) is 11.3 Å². The topological polar surface area (TPSA) is 123 Å². The summed E-state index contributed by atoms with van der Waals surface area (Å²) in [6.07, 6.45) is 3.66. The van der Waals surface area contributed by atoms with Crippen molar-refractivity contribution in [3.05, 3.63) is 85.1 Å². The smallest absolute Gasteiger partial charge is 0.335 e. The van der Waals surface area contributed by atoms with E-state index in [1.807, 2.05) is 6.20 Å². The molecule has 4 aromatic rings. The minimum absolute atomic E-state index is 0.103. The molecule has 9 heteroatoms. The highest BCUT2D eigenvalue weighted by Crippen LogP contribution is 2.23. The second-order valence-electron chi connectivity index (χ2n) is 6.64. The number of aliphatic imine (C=N–C) groups is 1. The second kappa shape index (κ2) is 8.03. The van der Waals surface area contributed by atoms with Crippen molar-refractivity contribution < 1.29 is 10.2 Å². The summed E-state index contributed by atoms with van der Waals surface area (Å²) >= 11 is 3.31. The maximum absolute atomic E-state index is 12.2. The Labute approximate surface area is 178 Å². The highest BCUT2D eigenvalue weighted by Gasteiger charge is 2.14. The fraction of sp³-hybridized carbons (Fsp3) is 0.0952. The van der Waals surface area contributed by atoms with Crippen LogP contribution in [0.4, 0.5) is 0 Å². The lowest BCUT2D eigenvalue weighted by molar-refractivity contribution is 0.430. The monoisotopic (exact) mass is 468 g/mol. The van der Waals surface area contributed by atoms with Gasteiger partial charge in [0, 0.05) is 34.3 Å². The van der Waals surface area contributed by atoms with E-state index in [1.54, 1.807) is 42.5 Å². The summed E-state index contributed by atoms with van der Waals surface area (Å²) in [5.41, 5.74) is 0.722. The number of nitrogens with zero attached hydrogens (tertiary/aromatic N) is 2. The molecule has 0 amide bonds. The minimum atomic E-state index is -0.740. The Balaban J connectivity index is 1.59. The highest BCUT2D eigenvalue weighted by atomic mass is 79.9. The average molecular weight is 469 g/mol. The van der Waals surface area contributed by atoms with E-state index >= 15 is 0 Å². The largest absolute Gasteiger partial charge is 0.508 e. The molecule has 2 aromatic heterocycles. The molecule has 30 heavy (non-hydrogen) atoms. The van der Waals surface area contributed by atoms with Crippen LogP contribution in [0, 0.1) is 0 Å². The standard InChI is InChI=1S/C21H17BrN4O4/c22-13-1-3-14(4-2-13)26-20(29)17(19(28)25-21(26)30)11-23-8-7-12-10-24-18-6-5-15(27)9-16(12)18/h1-6,9-11,24,27,29H,7-8H2,(H,25,28,30). The quantitative estimate of drug-likeness (QED) is 0.336. The van der Waals surface area contributed by atoms with Crippen LogP contribution in [0.15, 0.2) is 67.7 Å². The molecular weight excluding hydrogens is 452 g/mol. The second-order valence-corrected chi connectivity index (χ2v) is 7.55. The van der Waals surface area contributed by atoms with Crippen LogP contribution >= 0.6 is 15.9 Å². The van der Waals surface area contributed by atoms with Gasteiger partial charge in [0.25, 0.3) is 5.56 Å². The third-order valence-corrected chi connectivity index (χ3v) is 5.22. The van der Waals surface area contributed by atoms with E-state index in [1.165, 1.54) is 6.21 Å². The lowest BCUT2D eigenvalue weighted by Crippen LogP contribution is -2.31. The molecule has 0 spiro atoms. The molecule has 4 N–H and O–H groups in total. The van der Waals surface area contributed by atoms with Crippen molar-refractivity contribution in [1.29, 1.82) is 0 Å². The van der Waals surface area contributed by atoms with Crippen molar-refractivity contribution in [3.8, 4) is 17.3 Å². The van der Waals surface area contributed by atoms with Gasteiger partial charge in [-0.1, -0.05) is 15.9 Å². The van der Waals surface area contributed by atoms with Crippen molar-refractivity contribution in [2.75, 3.05) is 6.54 Å². The van der Waals surface area contributed by atoms with E-state index in [9.17, 15) is 19.8 Å². The Hall–Kier alpha value is -3.59. The van der Waals surface area contributed by atoms with Crippen LogP contribution in [-0.2, 0) is 6.42 Å². The van der Waals surface area contributed by atoms with Crippen LogP contribution in [0.5, 0.6) is 11.6 Å². The number of nitrogens with one attached hydrogen (secondary N) is 2. The number of phenolic OH excluding ortho intramolecular Hbond substituents is 1. The van der Waals surface area contributed by atoms with Crippen LogP contribution in [0.25, 0.3) is 16.6 Å². The van der Waals surface area contributed by atoms with E-state index in [-0.39, 0.29) is 11.3 Å². The highest BCUT2D eigenvalue weighted by molar-refractivity contribution is 9.10. The first-order valence-electron chi connectivity index (χ1n) is 9.07. The summed E-state index contributed by atoms with van der Waals surface area (Å²) < 4.78 is 1.83. The number of hydrogen-bond acceptors (Lipinski definition) is 5. The zero-order valence-electron chi connectivity index (χ0n) is 15.6. The number of benzene rings is 2. The SMILES string of the molecule is O=c1[nH]c(=O)n(-c2ccc(Br)cc2)c(O)c1C=NCCc1c[nH]c2ccc(O)cc12. The molecule has 0 aliphatic heterocycles. The van der Waals surface area contributed by atoms with Gasteiger partial charge >= 0.3 is 5.69 Å². The molecule has 0 fully saturated rings. The Morgan fingerprint density at radius 3 is 2.63 bits per heavy atom. The molecule has 0 bridgehead atoms. The summed E-state index contributed by atoms with van der Waals surface area (Å²) in [6, 6.07) is 11.8. The van der Waals surface area contributed by atoms with Crippen molar-refractivity contribution in [2.24, 2.45) is 4.99 Å². The number of aromatic nitrogens is 3. The number of fused-ring (bicyclic) bond motifs is 1. The summed E-state index contributed by atoms with van der Waals surface area (Å²) in [5, 5.41) is 21.1. The molecule has 4 rings (SSSR count). The minimum Gasteiger partial charge on any atom is -0.508 e. The molecule has 152 valence electrons. The normalized spacial score (nSPS) is 11.5. The summed E-state index contributed by atoms with van der Waals surface area (Å²) in [6.45, 7) is 0.346. The van der Waals surface area contributed by atoms with Crippen LogP contribution in [0.2, 0.25) is 0 Å². The molecule has 0 unspecified atom stereocenters. The number of hydrogen-bond donors (Lipinski definition) is 4. The lowest BCUT2D eigenvalue weighted by Gasteiger charge is -2.09. The fourth-order valence-electron chi connectivity index (χ4n) is 3.20. The van der Waals surface area contributed by atoms with Gasteiger partial charge in [0.05, 0.1) is 5.69 Å². The number of aromatic amines is 2. The molecule has 0 saturated heterocycles. The Morgan fingerprint density at radius 2 is 1.87 bits per heavy atom. The fourth-order valence-corrected chi connectivity index (χ4v) is 3.46. The summed E-state index contributed by atoms with van der Waals surface area (Å²) in [4.78, 5) is 33.9. The molecule has 2 aromatic carbocycles. The Bertz CT molecular complexity index is 1370. The van der Waals surface area contributed by atoms with Gasteiger partial charge in [-0.25, -0.2) is 9.36 Å². The van der Waals surface area contributed by atoms with Crippen LogP contribution in [0.3, 0.4) is 0 Å². The van der Waals surface area contributed by atoms with Crippen molar-refractivity contribution in [1.82, 2.24) is 14.5 Å². The van der Waals surface area contributed by atoms with Crippen LogP contribution in [0.1, 0.15) is 11.1 Å². The van der Waals surface area contributed by atoms with Crippen LogP contribution < -0.4 is 11.2 Å². The van der Waals surface area contributed by atoms with E-state index in [0.29, 0.717) is 18.7 Å². The van der Waals surface area contributed by atoms with Crippen molar-refractivity contribution >= 4 is 33.0 Å². The number of H-pyrrole nitrogens is 2. The predicted molar refractivity (Wildman–Crippen MR) is 118 cm³/mol. The van der Waals surface area contributed by atoms with E-state index in [4.69, 9.17) is 0 Å². The zero-order chi connectivity index (χ0) is 21.3. The number of aromatic hydroxyl groups is 2. The lowest BCUT2D eigenvalue weighted by atomic mass is 10.1. The van der Waals surface area contributed by atoms with E-state index in [2.05, 4.69) is 30.9 Å². The third kappa shape index (κ3) is 3.79. The number of halogens is 1. The van der Waals surface area contributed by atoms with Gasteiger partial charge in [-0.05, 0) is 54.4 Å². The van der Waals surface area contributed by atoms with Crippen molar-refractivity contribution in [2.45, 2.75) is 6.42 Å². The average Bonchev–Trinajstić information content (AvgIpc) is 3.10. The van der Waals surface area contributed by atoms with Gasteiger partial charge in [-0.3, -0.25) is 14.8 Å². The Kier molecular flexibility index (Phi) is 5.28. The Morgan fingerprint density at radius 1 is 1.10 bits per heavy atom. The number of phenols is 1. The molecule has 2 heterocycles. The van der Waals surface area contributed by atoms with E-state index in [0.717, 1.165) is 25.5 Å². The molecule has 0 radical (unpaired) electrons. The van der Waals surface area contributed by atoms with Gasteiger partial charge in [-0.15, -0.1) is 0 Å². The maximum atomic E-state index is 12.2. The van der Waals surface area contributed by atoms with Gasteiger partial charge in [-0.2, -0.15) is 0 Å². The van der Waals surface area contributed by atoms with Crippen molar-refractivity contribution in [3.63, 3.8) is 0 Å². The molecule has 0 atom stereocenters. The first-order chi connectivity index (χ1) is 14.4. The molecule has 0 aliphatic carbocycles. The zero-order valence-corrected chi connectivity index (χ0v) is 17.2. The molecule has 8 nitrogen and oxygen atoms in total. The van der Waals surface area contributed by atoms with Gasteiger partial charge in [0.15, 0.2) is 0 Å². The third-order valence-electron chi connectivity index (χ3n) is 4.69. The number of rotatable bonds is 5. The maximum Gasteiger partial charge on any atom is 0.335 e. The summed E-state index contributed by atoms with van der Waals surface area (Å²) in [5.74, 6) is -0.301. The van der Waals surface area contributed by atoms with Gasteiger partial charge in [0.2, 0.25) is 5.88 Å². The summed E-state index contributed by atoms with van der Waals surface area (Å²) in [7, 11) is 0. The molecule has 0 aliphatic rings. The molecule has 0 saturated carbocycles. The van der Waals surface area contributed by atoms with E-state index < -0.39 is 17.1 Å². The first kappa shape index (κ1) is 19.7. The predicted octanol–water partition coefficient (Wildman–Crippen LogP) is 2.84. The molecular formula is C21H17BrN4O4. The van der Waals surface area contributed by atoms with Gasteiger partial charge < -0.3 is 15.2 Å².